The topological polar surface area (TPSA) is 90.7 Å². The number of hydrogen-bond donors (Lipinski definition) is 1. The number of non-ortho nitro benzene ring substituents is 1. The first kappa shape index (κ1) is 15.8. The highest BCUT2D eigenvalue weighted by Crippen LogP contribution is 2.31. The van der Waals surface area contributed by atoms with Crippen molar-refractivity contribution in [3.8, 4) is 11.5 Å². The van der Waals surface area contributed by atoms with Gasteiger partial charge in [0.2, 0.25) is 0 Å². The van der Waals surface area contributed by atoms with Crippen LogP contribution >= 0.6 is 0 Å². The summed E-state index contributed by atoms with van der Waals surface area (Å²) in [5.74, 6) is 1.01. The van der Waals surface area contributed by atoms with Gasteiger partial charge in [-0.3, -0.25) is 14.9 Å². The molecule has 0 spiro atoms. The zero-order chi connectivity index (χ0) is 17.1. The lowest BCUT2D eigenvalue weighted by atomic mass is 10.1. The number of hydrogen-bond acceptors (Lipinski definition) is 5. The van der Waals surface area contributed by atoms with Crippen LogP contribution < -0.4 is 14.8 Å². The molecule has 3 rings (SSSR count). The second-order valence-electron chi connectivity index (χ2n) is 5.48. The van der Waals surface area contributed by atoms with Crippen LogP contribution in [0.15, 0.2) is 48.5 Å². The Labute approximate surface area is 138 Å². The summed E-state index contributed by atoms with van der Waals surface area (Å²) in [4.78, 5) is 22.4. The third-order valence-corrected chi connectivity index (χ3v) is 3.79. The Hall–Kier alpha value is -3.09. The predicted octanol–water partition coefficient (Wildman–Crippen LogP) is 2.55. The second kappa shape index (κ2) is 6.57. The molecule has 124 valence electrons. The molecule has 0 saturated heterocycles. The number of rotatable bonds is 4. The summed E-state index contributed by atoms with van der Waals surface area (Å²) in [5.41, 5.74) is 0.296. The van der Waals surface area contributed by atoms with E-state index in [4.69, 9.17) is 9.47 Å². The lowest BCUT2D eigenvalue weighted by molar-refractivity contribution is -0.384. The van der Waals surface area contributed by atoms with E-state index in [1.54, 1.807) is 0 Å². The second-order valence-corrected chi connectivity index (χ2v) is 5.48. The molecule has 0 fully saturated rings. The Balaban J connectivity index is 1.63. The molecule has 24 heavy (non-hydrogen) atoms. The van der Waals surface area contributed by atoms with E-state index in [-0.39, 0.29) is 23.7 Å². The molecule has 7 heteroatoms. The Morgan fingerprint density at radius 1 is 1.21 bits per heavy atom. The number of carbonyl (C=O) groups is 1. The molecular weight excluding hydrogens is 312 g/mol. The molecule has 7 nitrogen and oxygen atoms in total. The Morgan fingerprint density at radius 3 is 2.54 bits per heavy atom. The summed E-state index contributed by atoms with van der Waals surface area (Å²) in [7, 11) is 0. The fourth-order valence-corrected chi connectivity index (χ4v) is 2.40. The van der Waals surface area contributed by atoms with Crippen LogP contribution in [-0.4, -0.2) is 29.6 Å². The number of nitrogens with zero attached hydrogens (tertiary/aromatic N) is 1. The number of nitro benzene ring substituents is 1. The summed E-state index contributed by atoms with van der Waals surface area (Å²) in [6.07, 6.45) is -0.318. The molecule has 1 heterocycles. The molecule has 0 saturated carbocycles. The van der Waals surface area contributed by atoms with Gasteiger partial charge in [-0.1, -0.05) is 12.1 Å². The Kier molecular flexibility index (Phi) is 4.33. The zero-order valence-corrected chi connectivity index (χ0v) is 13.0. The number of carbonyl (C=O) groups excluding carboxylic acids is 1. The van der Waals surface area contributed by atoms with E-state index in [1.807, 2.05) is 31.2 Å². The van der Waals surface area contributed by atoms with Crippen molar-refractivity contribution >= 4 is 11.6 Å². The third-order valence-electron chi connectivity index (χ3n) is 3.79. The number of ether oxygens (including phenoxy) is 2. The minimum atomic E-state index is -0.505. The van der Waals surface area contributed by atoms with Crippen LogP contribution in [0.5, 0.6) is 11.5 Å². The SMILES string of the molecule is CC(NC(=O)c1ccc([N+](=O)[O-])cc1)C1COc2ccccc2O1. The fourth-order valence-electron chi connectivity index (χ4n) is 2.40. The van der Waals surface area contributed by atoms with Crippen LogP contribution in [0.25, 0.3) is 0 Å². The molecule has 1 N–H and O–H groups in total. The molecule has 0 aromatic heterocycles. The monoisotopic (exact) mass is 328 g/mol. The van der Waals surface area contributed by atoms with Gasteiger partial charge >= 0.3 is 0 Å². The highest BCUT2D eigenvalue weighted by Gasteiger charge is 2.27. The van der Waals surface area contributed by atoms with Crippen LogP contribution in [0.3, 0.4) is 0 Å². The van der Waals surface area contributed by atoms with E-state index in [1.165, 1.54) is 24.3 Å². The fraction of sp³-hybridized carbons (Fsp3) is 0.235. The number of nitro groups is 1. The van der Waals surface area contributed by atoms with Crippen molar-refractivity contribution in [2.24, 2.45) is 0 Å². The van der Waals surface area contributed by atoms with Gasteiger partial charge in [-0.15, -0.1) is 0 Å². The zero-order valence-electron chi connectivity index (χ0n) is 13.0. The minimum Gasteiger partial charge on any atom is -0.486 e. The van der Waals surface area contributed by atoms with Gasteiger partial charge in [-0.05, 0) is 31.2 Å². The van der Waals surface area contributed by atoms with Gasteiger partial charge in [-0.25, -0.2) is 0 Å². The maximum absolute atomic E-state index is 12.2. The molecule has 2 aromatic rings. The van der Waals surface area contributed by atoms with E-state index < -0.39 is 4.92 Å². The van der Waals surface area contributed by atoms with Crippen molar-refractivity contribution in [1.82, 2.24) is 5.32 Å². The average molecular weight is 328 g/mol. The van der Waals surface area contributed by atoms with Crippen molar-refractivity contribution in [2.45, 2.75) is 19.1 Å². The van der Waals surface area contributed by atoms with E-state index in [2.05, 4.69) is 5.32 Å². The molecule has 0 radical (unpaired) electrons. The summed E-state index contributed by atoms with van der Waals surface area (Å²) < 4.78 is 11.5. The van der Waals surface area contributed by atoms with Crippen LogP contribution in [0.1, 0.15) is 17.3 Å². The van der Waals surface area contributed by atoms with Crippen LogP contribution in [0.2, 0.25) is 0 Å². The Morgan fingerprint density at radius 2 is 1.88 bits per heavy atom. The number of para-hydroxylation sites is 2. The van der Waals surface area contributed by atoms with Crippen molar-refractivity contribution in [1.29, 1.82) is 0 Å². The third kappa shape index (κ3) is 3.29. The van der Waals surface area contributed by atoms with Gasteiger partial charge in [0, 0.05) is 17.7 Å². The number of amides is 1. The molecule has 1 amide bonds. The smallest absolute Gasteiger partial charge is 0.269 e. The number of fused-ring (bicyclic) bond motifs is 1. The first-order chi connectivity index (χ1) is 11.5. The van der Waals surface area contributed by atoms with Gasteiger partial charge in [0.1, 0.15) is 6.61 Å². The average Bonchev–Trinajstić information content (AvgIpc) is 2.61. The Bertz CT molecular complexity index is 760. The lowest BCUT2D eigenvalue weighted by Gasteiger charge is -2.30. The molecular formula is C17H16N2O5. The van der Waals surface area contributed by atoms with Gasteiger partial charge in [0.15, 0.2) is 17.6 Å². The summed E-state index contributed by atoms with van der Waals surface area (Å²) in [5, 5.41) is 13.5. The van der Waals surface area contributed by atoms with Gasteiger partial charge in [0.05, 0.1) is 11.0 Å². The van der Waals surface area contributed by atoms with Crippen molar-refractivity contribution in [3.63, 3.8) is 0 Å². The summed E-state index contributed by atoms with van der Waals surface area (Å²) in [6, 6.07) is 12.5. The number of nitrogens with one attached hydrogen (secondary N) is 1. The molecule has 2 aromatic carbocycles. The highest BCUT2D eigenvalue weighted by atomic mass is 16.6. The highest BCUT2D eigenvalue weighted by molar-refractivity contribution is 5.94. The first-order valence-corrected chi connectivity index (χ1v) is 7.48. The summed E-state index contributed by atoms with van der Waals surface area (Å²) in [6.45, 7) is 2.16. The van der Waals surface area contributed by atoms with E-state index in [0.717, 1.165) is 0 Å². The van der Waals surface area contributed by atoms with Gasteiger partial charge < -0.3 is 14.8 Å². The van der Waals surface area contributed by atoms with Crippen molar-refractivity contribution in [3.05, 3.63) is 64.2 Å². The van der Waals surface area contributed by atoms with E-state index in [9.17, 15) is 14.9 Å². The normalized spacial score (nSPS) is 17.0. The van der Waals surface area contributed by atoms with Crippen LogP contribution in [-0.2, 0) is 0 Å². The predicted molar refractivity (Wildman–Crippen MR) is 86.4 cm³/mol. The lowest BCUT2D eigenvalue weighted by Crippen LogP contribution is -2.48. The molecule has 1 aliphatic heterocycles. The molecule has 0 bridgehead atoms. The van der Waals surface area contributed by atoms with Gasteiger partial charge in [0.25, 0.3) is 11.6 Å². The standard InChI is InChI=1S/C17H16N2O5/c1-11(16-10-23-14-4-2-3-5-15(14)24-16)18-17(20)12-6-8-13(9-7-12)19(21)22/h2-9,11,16H,10H2,1H3,(H,18,20). The van der Waals surface area contributed by atoms with Crippen LogP contribution in [0.4, 0.5) is 5.69 Å². The molecule has 0 aliphatic carbocycles. The van der Waals surface area contributed by atoms with Crippen molar-refractivity contribution < 1.29 is 19.2 Å². The van der Waals surface area contributed by atoms with Crippen molar-refractivity contribution in [2.75, 3.05) is 6.61 Å². The first-order valence-electron chi connectivity index (χ1n) is 7.48. The van der Waals surface area contributed by atoms with Gasteiger partial charge in [-0.2, -0.15) is 0 Å². The van der Waals surface area contributed by atoms with E-state index in [0.29, 0.717) is 23.7 Å². The summed E-state index contributed by atoms with van der Waals surface area (Å²) >= 11 is 0. The largest absolute Gasteiger partial charge is 0.486 e. The molecule has 1 aliphatic rings. The molecule has 2 unspecified atom stereocenters. The maximum atomic E-state index is 12.2. The van der Waals surface area contributed by atoms with Crippen LogP contribution in [0, 0.1) is 10.1 Å². The minimum absolute atomic E-state index is 0.0554. The van der Waals surface area contributed by atoms with E-state index >= 15 is 0 Å². The molecule has 2 atom stereocenters. The quantitative estimate of drug-likeness (QED) is 0.688. The maximum Gasteiger partial charge on any atom is 0.269 e. The number of benzene rings is 2.